The molecule has 0 aliphatic carbocycles. The fourth-order valence-electron chi connectivity index (χ4n) is 1.99. The van der Waals surface area contributed by atoms with Crippen molar-refractivity contribution in [3.8, 4) is 0 Å². The van der Waals surface area contributed by atoms with Crippen LogP contribution in [0.1, 0.15) is 19.4 Å². The summed E-state index contributed by atoms with van der Waals surface area (Å²) in [7, 11) is -3.63. The molecule has 118 valence electrons. The SMILES string of the molecule is CC(C)(CNS(=O)(=O)c1ccc(Cl)c(Cl)c1)c1ccccc1. The van der Waals surface area contributed by atoms with Gasteiger partial charge in [0.25, 0.3) is 0 Å². The number of hydrogen-bond donors (Lipinski definition) is 1. The molecule has 0 bridgehead atoms. The van der Waals surface area contributed by atoms with Crippen molar-refractivity contribution in [3.63, 3.8) is 0 Å². The van der Waals surface area contributed by atoms with E-state index in [1.165, 1.54) is 18.2 Å². The van der Waals surface area contributed by atoms with Gasteiger partial charge in [-0.1, -0.05) is 67.4 Å². The Kier molecular flexibility index (Phi) is 5.17. The third kappa shape index (κ3) is 4.02. The lowest BCUT2D eigenvalue weighted by Crippen LogP contribution is -2.36. The summed E-state index contributed by atoms with van der Waals surface area (Å²) in [6.45, 7) is 4.25. The topological polar surface area (TPSA) is 46.2 Å². The Morgan fingerprint density at radius 1 is 1.00 bits per heavy atom. The van der Waals surface area contributed by atoms with Crippen molar-refractivity contribution in [1.82, 2.24) is 4.72 Å². The Balaban J connectivity index is 2.17. The minimum Gasteiger partial charge on any atom is -0.210 e. The van der Waals surface area contributed by atoms with Gasteiger partial charge in [-0.15, -0.1) is 0 Å². The third-order valence-electron chi connectivity index (χ3n) is 3.46. The first-order valence-electron chi connectivity index (χ1n) is 6.73. The van der Waals surface area contributed by atoms with Gasteiger partial charge in [-0.2, -0.15) is 0 Å². The fraction of sp³-hybridized carbons (Fsp3) is 0.250. The molecule has 6 heteroatoms. The first-order chi connectivity index (χ1) is 10.2. The van der Waals surface area contributed by atoms with Crippen LogP contribution in [0.2, 0.25) is 10.0 Å². The van der Waals surface area contributed by atoms with Crippen LogP contribution in [0.4, 0.5) is 0 Å². The molecule has 0 radical (unpaired) electrons. The van der Waals surface area contributed by atoms with Gasteiger partial charge in [0.2, 0.25) is 10.0 Å². The minimum absolute atomic E-state index is 0.103. The van der Waals surface area contributed by atoms with Crippen LogP contribution in [0.15, 0.2) is 53.4 Å². The molecule has 0 saturated carbocycles. The maximum atomic E-state index is 12.4. The van der Waals surface area contributed by atoms with E-state index in [-0.39, 0.29) is 21.9 Å². The van der Waals surface area contributed by atoms with Gasteiger partial charge in [-0.05, 0) is 23.8 Å². The van der Waals surface area contributed by atoms with E-state index in [0.717, 1.165) is 5.56 Å². The van der Waals surface area contributed by atoms with Crippen LogP contribution in [-0.4, -0.2) is 15.0 Å². The molecule has 22 heavy (non-hydrogen) atoms. The molecule has 0 aliphatic rings. The van der Waals surface area contributed by atoms with Gasteiger partial charge in [0.1, 0.15) is 0 Å². The lowest BCUT2D eigenvalue weighted by molar-refractivity contribution is 0.501. The maximum absolute atomic E-state index is 12.4. The molecule has 0 heterocycles. The Morgan fingerprint density at radius 2 is 1.64 bits per heavy atom. The van der Waals surface area contributed by atoms with E-state index in [2.05, 4.69) is 4.72 Å². The number of benzene rings is 2. The lowest BCUT2D eigenvalue weighted by atomic mass is 9.85. The van der Waals surface area contributed by atoms with Crippen LogP contribution in [0.3, 0.4) is 0 Å². The van der Waals surface area contributed by atoms with Gasteiger partial charge in [0.05, 0.1) is 14.9 Å². The third-order valence-corrected chi connectivity index (χ3v) is 5.60. The Labute approximate surface area is 141 Å². The quantitative estimate of drug-likeness (QED) is 0.869. The first-order valence-corrected chi connectivity index (χ1v) is 8.96. The van der Waals surface area contributed by atoms with E-state index >= 15 is 0 Å². The molecule has 3 nitrogen and oxygen atoms in total. The average Bonchev–Trinajstić information content (AvgIpc) is 2.49. The minimum atomic E-state index is -3.63. The van der Waals surface area contributed by atoms with Crippen LogP contribution in [0.25, 0.3) is 0 Å². The summed E-state index contributed by atoms with van der Waals surface area (Å²) in [4.78, 5) is 0.103. The monoisotopic (exact) mass is 357 g/mol. The van der Waals surface area contributed by atoms with Crippen LogP contribution in [0.5, 0.6) is 0 Å². The zero-order chi connectivity index (χ0) is 16.4. The molecule has 0 fully saturated rings. The van der Waals surface area contributed by atoms with E-state index in [9.17, 15) is 8.42 Å². The summed E-state index contributed by atoms with van der Waals surface area (Å²) in [5.74, 6) is 0. The largest absolute Gasteiger partial charge is 0.240 e. The Morgan fingerprint density at radius 3 is 2.23 bits per heavy atom. The number of hydrogen-bond acceptors (Lipinski definition) is 2. The summed E-state index contributed by atoms with van der Waals surface area (Å²) < 4.78 is 27.4. The molecule has 0 unspecified atom stereocenters. The van der Waals surface area contributed by atoms with Crippen molar-refractivity contribution >= 4 is 33.2 Å². The van der Waals surface area contributed by atoms with Crippen molar-refractivity contribution in [1.29, 1.82) is 0 Å². The maximum Gasteiger partial charge on any atom is 0.240 e. The molecule has 0 spiro atoms. The second-order valence-electron chi connectivity index (χ2n) is 5.65. The number of rotatable bonds is 5. The van der Waals surface area contributed by atoms with E-state index in [0.29, 0.717) is 5.02 Å². The van der Waals surface area contributed by atoms with Crippen LogP contribution >= 0.6 is 23.2 Å². The smallest absolute Gasteiger partial charge is 0.210 e. The van der Waals surface area contributed by atoms with Gasteiger partial charge in [0.15, 0.2) is 0 Å². The van der Waals surface area contributed by atoms with Crippen molar-refractivity contribution in [2.75, 3.05) is 6.54 Å². The van der Waals surface area contributed by atoms with E-state index in [1.807, 2.05) is 44.2 Å². The van der Waals surface area contributed by atoms with E-state index in [4.69, 9.17) is 23.2 Å². The summed E-state index contributed by atoms with van der Waals surface area (Å²) in [5.41, 5.74) is 0.733. The summed E-state index contributed by atoms with van der Waals surface area (Å²) in [6.07, 6.45) is 0. The molecule has 0 amide bonds. The molecule has 2 aromatic carbocycles. The molecule has 0 saturated heterocycles. The van der Waals surface area contributed by atoms with Gasteiger partial charge >= 0.3 is 0 Å². The van der Waals surface area contributed by atoms with Gasteiger partial charge in [-0.25, -0.2) is 13.1 Å². The van der Waals surface area contributed by atoms with Crippen molar-refractivity contribution in [3.05, 3.63) is 64.1 Å². The zero-order valence-electron chi connectivity index (χ0n) is 12.3. The highest BCUT2D eigenvalue weighted by Crippen LogP contribution is 2.26. The fourth-order valence-corrected chi connectivity index (χ4v) is 3.59. The summed E-state index contributed by atoms with van der Waals surface area (Å²) >= 11 is 11.7. The molecule has 0 aromatic heterocycles. The Bertz CT molecular complexity index is 759. The standard InChI is InChI=1S/C16H17Cl2NO2S/c1-16(2,12-6-4-3-5-7-12)11-19-22(20,21)13-8-9-14(17)15(18)10-13/h3-10,19H,11H2,1-2H3. The van der Waals surface area contributed by atoms with Gasteiger partial charge in [-0.3, -0.25) is 0 Å². The average molecular weight is 358 g/mol. The molecule has 0 atom stereocenters. The molecular formula is C16H17Cl2NO2S. The number of nitrogens with one attached hydrogen (secondary N) is 1. The van der Waals surface area contributed by atoms with Crippen molar-refractivity contribution in [2.24, 2.45) is 0 Å². The van der Waals surface area contributed by atoms with Crippen LogP contribution < -0.4 is 4.72 Å². The van der Waals surface area contributed by atoms with Crippen molar-refractivity contribution in [2.45, 2.75) is 24.2 Å². The summed E-state index contributed by atoms with van der Waals surface area (Å²) in [5, 5.41) is 0.539. The number of sulfonamides is 1. The highest BCUT2D eigenvalue weighted by Gasteiger charge is 2.24. The molecule has 1 N–H and O–H groups in total. The highest BCUT2D eigenvalue weighted by molar-refractivity contribution is 7.89. The molecule has 2 aromatic rings. The molecular weight excluding hydrogens is 341 g/mol. The first kappa shape index (κ1) is 17.3. The molecule has 2 rings (SSSR count). The predicted molar refractivity (Wildman–Crippen MR) is 91.1 cm³/mol. The second-order valence-corrected chi connectivity index (χ2v) is 8.23. The lowest BCUT2D eigenvalue weighted by Gasteiger charge is -2.25. The van der Waals surface area contributed by atoms with Crippen LogP contribution in [0, 0.1) is 0 Å². The summed E-state index contributed by atoms with van der Waals surface area (Å²) in [6, 6.07) is 14.0. The van der Waals surface area contributed by atoms with Gasteiger partial charge in [0, 0.05) is 12.0 Å². The number of halogens is 2. The second kappa shape index (κ2) is 6.59. The van der Waals surface area contributed by atoms with Crippen LogP contribution in [-0.2, 0) is 15.4 Å². The van der Waals surface area contributed by atoms with Crippen molar-refractivity contribution < 1.29 is 8.42 Å². The normalized spacial score (nSPS) is 12.4. The molecule has 0 aliphatic heterocycles. The van der Waals surface area contributed by atoms with E-state index < -0.39 is 10.0 Å². The highest BCUT2D eigenvalue weighted by atomic mass is 35.5. The van der Waals surface area contributed by atoms with E-state index in [1.54, 1.807) is 0 Å². The predicted octanol–water partition coefficient (Wildman–Crippen LogP) is 4.25. The van der Waals surface area contributed by atoms with Gasteiger partial charge < -0.3 is 0 Å². The Hall–Kier alpha value is -1.07. The zero-order valence-corrected chi connectivity index (χ0v) is 14.6.